The molecule has 0 aliphatic carbocycles. The third-order valence-corrected chi connectivity index (χ3v) is 3.72. The van der Waals surface area contributed by atoms with E-state index in [1.54, 1.807) is 0 Å². The van der Waals surface area contributed by atoms with Crippen LogP contribution in [0.3, 0.4) is 0 Å². The molecule has 104 valence electrons. The molecule has 0 radical (unpaired) electrons. The lowest BCUT2D eigenvalue weighted by molar-refractivity contribution is -0.132. The molecule has 1 rings (SSSR count). The highest BCUT2D eigenvalue weighted by Gasteiger charge is 2.21. The second kappa shape index (κ2) is 7.54. The molecule has 1 fully saturated rings. The van der Waals surface area contributed by atoms with Crippen LogP contribution in [0.25, 0.3) is 0 Å². The van der Waals surface area contributed by atoms with Crippen molar-refractivity contribution in [2.45, 2.75) is 39.2 Å². The van der Waals surface area contributed by atoms with Gasteiger partial charge in [0.25, 0.3) is 0 Å². The summed E-state index contributed by atoms with van der Waals surface area (Å²) in [6.07, 6.45) is 4.76. The van der Waals surface area contributed by atoms with Crippen molar-refractivity contribution in [2.75, 3.05) is 33.2 Å². The van der Waals surface area contributed by atoms with E-state index in [1.165, 1.54) is 0 Å². The molecule has 0 aromatic heterocycles. The monoisotopic (exact) mass is 254 g/mol. The van der Waals surface area contributed by atoms with E-state index in [2.05, 4.69) is 23.8 Å². The summed E-state index contributed by atoms with van der Waals surface area (Å²) in [7, 11) is 2.16. The first-order chi connectivity index (χ1) is 8.58. The minimum absolute atomic E-state index is 0.530. The van der Waals surface area contributed by atoms with Crippen molar-refractivity contribution < 1.29 is 9.90 Å². The molecule has 0 saturated carbocycles. The zero-order valence-electron chi connectivity index (χ0n) is 11.9. The summed E-state index contributed by atoms with van der Waals surface area (Å²) in [4.78, 5) is 15.8. The number of hydrogen-bond acceptors (Lipinski definition) is 3. The van der Waals surface area contributed by atoms with Crippen molar-refractivity contribution >= 4 is 5.97 Å². The van der Waals surface area contributed by atoms with E-state index in [4.69, 9.17) is 5.11 Å². The van der Waals surface area contributed by atoms with Gasteiger partial charge in [-0.2, -0.15) is 0 Å². The van der Waals surface area contributed by atoms with Gasteiger partial charge in [-0.25, -0.2) is 4.79 Å². The third kappa shape index (κ3) is 4.42. The summed E-state index contributed by atoms with van der Waals surface area (Å²) < 4.78 is 0. The zero-order valence-corrected chi connectivity index (χ0v) is 11.9. The molecule has 1 atom stereocenters. The molecule has 1 aliphatic rings. The fourth-order valence-electron chi connectivity index (χ4n) is 2.53. The molecule has 1 aliphatic heterocycles. The highest BCUT2D eigenvalue weighted by molar-refractivity contribution is 5.86. The van der Waals surface area contributed by atoms with Gasteiger partial charge >= 0.3 is 5.97 Å². The van der Waals surface area contributed by atoms with E-state index in [0.29, 0.717) is 18.0 Å². The molecule has 0 aromatic carbocycles. The largest absolute Gasteiger partial charge is 0.478 e. The van der Waals surface area contributed by atoms with Crippen LogP contribution in [0.1, 0.15) is 33.1 Å². The van der Waals surface area contributed by atoms with E-state index in [0.717, 1.165) is 39.0 Å². The van der Waals surface area contributed by atoms with Gasteiger partial charge < -0.3 is 10.0 Å². The Balaban J connectivity index is 2.65. The highest BCUT2D eigenvalue weighted by Crippen LogP contribution is 2.12. The van der Waals surface area contributed by atoms with Gasteiger partial charge in [-0.15, -0.1) is 0 Å². The quantitative estimate of drug-likeness (QED) is 0.760. The lowest BCUT2D eigenvalue weighted by Gasteiger charge is -2.29. The molecule has 1 N–H and O–H groups in total. The fraction of sp³-hybridized carbons (Fsp3) is 0.786. The molecule has 4 heteroatoms. The first-order valence-electron chi connectivity index (χ1n) is 6.93. The Morgan fingerprint density at radius 3 is 2.67 bits per heavy atom. The molecule has 0 bridgehead atoms. The maximum Gasteiger partial charge on any atom is 0.331 e. The zero-order chi connectivity index (χ0) is 13.5. The van der Waals surface area contributed by atoms with Crippen LogP contribution in [-0.2, 0) is 4.79 Å². The third-order valence-electron chi connectivity index (χ3n) is 3.72. The van der Waals surface area contributed by atoms with Gasteiger partial charge in [0.2, 0.25) is 0 Å². The average Bonchev–Trinajstić information content (AvgIpc) is 2.51. The summed E-state index contributed by atoms with van der Waals surface area (Å²) in [5.41, 5.74) is 0.530. The van der Waals surface area contributed by atoms with E-state index in [9.17, 15) is 4.79 Å². The highest BCUT2D eigenvalue weighted by atomic mass is 16.4. The number of likely N-dealkylation sites (N-methyl/N-ethyl adjacent to an activating group) is 1. The topological polar surface area (TPSA) is 43.8 Å². The summed E-state index contributed by atoms with van der Waals surface area (Å²) in [6, 6.07) is 0.542. The smallest absolute Gasteiger partial charge is 0.331 e. The van der Waals surface area contributed by atoms with Gasteiger partial charge in [0, 0.05) is 31.2 Å². The Kier molecular flexibility index (Phi) is 6.36. The molecular weight excluding hydrogens is 228 g/mol. The van der Waals surface area contributed by atoms with Crippen molar-refractivity contribution in [2.24, 2.45) is 0 Å². The van der Waals surface area contributed by atoms with Crippen LogP contribution in [0.5, 0.6) is 0 Å². The molecule has 18 heavy (non-hydrogen) atoms. The predicted molar refractivity (Wildman–Crippen MR) is 73.8 cm³/mol. The van der Waals surface area contributed by atoms with Crippen molar-refractivity contribution in [1.82, 2.24) is 9.80 Å². The van der Waals surface area contributed by atoms with Gasteiger partial charge in [0.15, 0.2) is 0 Å². The second-order valence-electron chi connectivity index (χ2n) is 5.06. The van der Waals surface area contributed by atoms with Crippen molar-refractivity contribution in [3.05, 3.63) is 11.6 Å². The van der Waals surface area contributed by atoms with Crippen LogP contribution in [-0.4, -0.2) is 60.1 Å². The van der Waals surface area contributed by atoms with E-state index in [1.807, 2.05) is 13.0 Å². The second-order valence-corrected chi connectivity index (χ2v) is 5.06. The van der Waals surface area contributed by atoms with Crippen LogP contribution in [0.15, 0.2) is 11.6 Å². The number of carboxylic acid groups (broad SMARTS) is 1. The van der Waals surface area contributed by atoms with Gasteiger partial charge in [-0.1, -0.05) is 19.9 Å². The standard InChI is InChI=1S/C14H26N2O2/c1-4-12(14(17)18)7-10-16-9-6-8-15(3)11-13(16)5-2/h7,13H,4-6,8-11H2,1-3H3,(H,17,18)/b12-7-. The minimum Gasteiger partial charge on any atom is -0.478 e. The fourth-order valence-corrected chi connectivity index (χ4v) is 2.53. The Morgan fingerprint density at radius 2 is 2.11 bits per heavy atom. The van der Waals surface area contributed by atoms with Crippen LogP contribution in [0.4, 0.5) is 0 Å². The molecule has 1 heterocycles. The first kappa shape index (κ1) is 15.2. The summed E-state index contributed by atoms with van der Waals surface area (Å²) in [5, 5.41) is 9.03. The molecular formula is C14H26N2O2. The Hall–Kier alpha value is -0.870. The number of carboxylic acids is 1. The Morgan fingerprint density at radius 1 is 1.39 bits per heavy atom. The van der Waals surface area contributed by atoms with Crippen LogP contribution >= 0.6 is 0 Å². The Labute approximate surface area is 110 Å². The molecule has 0 spiro atoms. The summed E-state index contributed by atoms with van der Waals surface area (Å²) >= 11 is 0. The molecule has 4 nitrogen and oxygen atoms in total. The van der Waals surface area contributed by atoms with Crippen molar-refractivity contribution in [3.63, 3.8) is 0 Å². The normalized spacial score (nSPS) is 23.9. The summed E-state index contributed by atoms with van der Waals surface area (Å²) in [6.45, 7) is 8.15. The average molecular weight is 254 g/mol. The van der Waals surface area contributed by atoms with Gasteiger partial charge in [-0.05, 0) is 32.9 Å². The first-order valence-corrected chi connectivity index (χ1v) is 6.93. The number of hydrogen-bond donors (Lipinski definition) is 1. The Bertz CT molecular complexity index is 302. The maximum absolute atomic E-state index is 11.0. The lowest BCUT2D eigenvalue weighted by atomic mass is 10.1. The molecule has 0 aromatic rings. The van der Waals surface area contributed by atoms with Gasteiger partial charge in [0.05, 0.1) is 0 Å². The van der Waals surface area contributed by atoms with Crippen molar-refractivity contribution in [1.29, 1.82) is 0 Å². The van der Waals surface area contributed by atoms with Crippen LogP contribution in [0.2, 0.25) is 0 Å². The SMILES string of the molecule is CC/C(=C/CN1CCCN(C)CC1CC)C(=O)O. The summed E-state index contributed by atoms with van der Waals surface area (Å²) in [5.74, 6) is -0.780. The van der Waals surface area contributed by atoms with E-state index < -0.39 is 5.97 Å². The van der Waals surface area contributed by atoms with Gasteiger partial charge in [0.1, 0.15) is 0 Å². The number of rotatable bonds is 5. The van der Waals surface area contributed by atoms with Crippen LogP contribution < -0.4 is 0 Å². The van der Waals surface area contributed by atoms with Crippen molar-refractivity contribution in [3.8, 4) is 0 Å². The molecule has 1 unspecified atom stereocenters. The van der Waals surface area contributed by atoms with Gasteiger partial charge in [-0.3, -0.25) is 4.90 Å². The number of nitrogens with zero attached hydrogens (tertiary/aromatic N) is 2. The van der Waals surface area contributed by atoms with Crippen LogP contribution in [0, 0.1) is 0 Å². The number of carbonyl (C=O) groups is 1. The van der Waals surface area contributed by atoms with E-state index >= 15 is 0 Å². The maximum atomic E-state index is 11.0. The minimum atomic E-state index is -0.780. The van der Waals surface area contributed by atoms with E-state index in [-0.39, 0.29) is 0 Å². The number of aliphatic carboxylic acids is 1. The molecule has 1 saturated heterocycles. The predicted octanol–water partition coefficient (Wildman–Crippen LogP) is 1.82. The molecule has 0 amide bonds. The lowest BCUT2D eigenvalue weighted by Crippen LogP contribution is -2.39.